The second-order valence-electron chi connectivity index (χ2n) is 4.20. The van der Waals surface area contributed by atoms with Gasteiger partial charge in [0.15, 0.2) is 0 Å². The molecule has 0 saturated heterocycles. The van der Waals surface area contributed by atoms with Crippen molar-refractivity contribution in [3.63, 3.8) is 0 Å². The summed E-state index contributed by atoms with van der Waals surface area (Å²) in [5, 5.41) is 15.3. The second-order valence-corrected chi connectivity index (χ2v) is 4.20. The number of nitrogens with zero attached hydrogens (tertiary/aromatic N) is 2. The fourth-order valence-electron chi connectivity index (χ4n) is 1.67. The summed E-state index contributed by atoms with van der Waals surface area (Å²) in [6, 6.07) is 11.4. The lowest BCUT2D eigenvalue weighted by molar-refractivity contribution is 0.978. The Labute approximate surface area is 113 Å². The molecule has 0 aliphatic heterocycles. The summed E-state index contributed by atoms with van der Waals surface area (Å²) in [6.45, 7) is 3.06. The smallest absolute Gasteiger partial charge is 0.0991 e. The van der Waals surface area contributed by atoms with Crippen molar-refractivity contribution < 1.29 is 0 Å². The maximum Gasteiger partial charge on any atom is 0.0991 e. The van der Waals surface area contributed by atoms with Gasteiger partial charge in [0.25, 0.3) is 0 Å². The molecule has 0 saturated carbocycles. The van der Waals surface area contributed by atoms with Crippen LogP contribution in [0, 0.1) is 11.3 Å². The molecule has 4 nitrogen and oxygen atoms in total. The summed E-state index contributed by atoms with van der Waals surface area (Å²) >= 11 is 0. The van der Waals surface area contributed by atoms with Gasteiger partial charge in [-0.05, 0) is 36.8 Å². The van der Waals surface area contributed by atoms with Crippen LogP contribution in [0.5, 0.6) is 0 Å². The van der Waals surface area contributed by atoms with Gasteiger partial charge >= 0.3 is 0 Å². The Bertz CT molecular complexity index is 569. The third kappa shape index (κ3) is 3.71. The Morgan fingerprint density at radius 2 is 1.84 bits per heavy atom. The van der Waals surface area contributed by atoms with Crippen molar-refractivity contribution in [2.75, 3.05) is 17.2 Å². The average molecular weight is 252 g/mol. The van der Waals surface area contributed by atoms with Gasteiger partial charge in [0.05, 0.1) is 35.4 Å². The lowest BCUT2D eigenvalue weighted by atomic mass is 10.2. The predicted molar refractivity (Wildman–Crippen MR) is 77.5 cm³/mol. The lowest BCUT2D eigenvalue weighted by Gasteiger charge is -2.09. The van der Waals surface area contributed by atoms with Crippen molar-refractivity contribution in [1.29, 1.82) is 5.26 Å². The van der Waals surface area contributed by atoms with Crippen LogP contribution in [-0.4, -0.2) is 11.5 Å². The highest BCUT2D eigenvalue weighted by Gasteiger charge is 1.98. The highest BCUT2D eigenvalue weighted by Crippen LogP contribution is 2.19. The van der Waals surface area contributed by atoms with Gasteiger partial charge in [-0.1, -0.05) is 6.92 Å². The number of anilines is 3. The fraction of sp³-hybridized carbons (Fsp3) is 0.200. The van der Waals surface area contributed by atoms with Crippen LogP contribution >= 0.6 is 0 Å². The van der Waals surface area contributed by atoms with Crippen LogP contribution in [0.15, 0.2) is 42.7 Å². The molecule has 19 heavy (non-hydrogen) atoms. The molecule has 96 valence electrons. The molecule has 2 N–H and O–H groups in total. The molecular weight excluding hydrogens is 236 g/mol. The standard InChI is InChI=1S/C15H16N4/c1-2-7-18-14-8-15(11-17-10-14)19-13-5-3-12(9-16)4-6-13/h3-6,8,10-11,18-19H,2,7H2,1H3. The lowest BCUT2D eigenvalue weighted by Crippen LogP contribution is -2.00. The molecule has 0 unspecified atom stereocenters. The first-order valence-corrected chi connectivity index (χ1v) is 6.28. The Hall–Kier alpha value is -2.54. The number of nitrogens with one attached hydrogen (secondary N) is 2. The molecule has 0 aliphatic carbocycles. The third-order valence-electron chi connectivity index (χ3n) is 2.62. The van der Waals surface area contributed by atoms with E-state index in [4.69, 9.17) is 5.26 Å². The maximum atomic E-state index is 8.75. The van der Waals surface area contributed by atoms with E-state index in [1.165, 1.54) is 0 Å². The monoisotopic (exact) mass is 252 g/mol. The minimum atomic E-state index is 0.655. The average Bonchev–Trinajstić information content (AvgIpc) is 2.46. The molecular formula is C15H16N4. The molecule has 4 heteroatoms. The van der Waals surface area contributed by atoms with Gasteiger partial charge in [-0.3, -0.25) is 4.98 Å². The largest absolute Gasteiger partial charge is 0.384 e. The first-order chi connectivity index (χ1) is 9.31. The number of hydrogen-bond acceptors (Lipinski definition) is 4. The summed E-state index contributed by atoms with van der Waals surface area (Å²) in [5.41, 5.74) is 3.52. The summed E-state index contributed by atoms with van der Waals surface area (Å²) in [6.07, 6.45) is 4.65. The molecule has 2 rings (SSSR count). The Morgan fingerprint density at radius 3 is 2.53 bits per heavy atom. The quantitative estimate of drug-likeness (QED) is 0.854. The third-order valence-corrected chi connectivity index (χ3v) is 2.62. The van der Waals surface area contributed by atoms with E-state index in [-0.39, 0.29) is 0 Å². The number of rotatable bonds is 5. The molecule has 1 aromatic carbocycles. The first-order valence-electron chi connectivity index (χ1n) is 6.28. The minimum Gasteiger partial charge on any atom is -0.384 e. The first kappa shape index (κ1) is 12.9. The van der Waals surface area contributed by atoms with Crippen LogP contribution in [0.3, 0.4) is 0 Å². The van der Waals surface area contributed by atoms with Crippen LogP contribution in [0.4, 0.5) is 17.1 Å². The molecule has 0 spiro atoms. The van der Waals surface area contributed by atoms with Crippen LogP contribution < -0.4 is 10.6 Å². The van der Waals surface area contributed by atoms with Crippen molar-refractivity contribution in [3.8, 4) is 6.07 Å². The zero-order valence-electron chi connectivity index (χ0n) is 10.9. The SMILES string of the molecule is CCCNc1cncc(Nc2ccc(C#N)cc2)c1. The molecule has 0 atom stereocenters. The van der Waals surface area contributed by atoms with Crippen LogP contribution in [0.25, 0.3) is 0 Å². The predicted octanol–water partition coefficient (Wildman–Crippen LogP) is 3.52. The van der Waals surface area contributed by atoms with Gasteiger partial charge in [0, 0.05) is 12.2 Å². The summed E-state index contributed by atoms with van der Waals surface area (Å²) < 4.78 is 0. The summed E-state index contributed by atoms with van der Waals surface area (Å²) in [4.78, 5) is 4.19. The maximum absolute atomic E-state index is 8.75. The Balaban J connectivity index is 2.07. The number of hydrogen-bond donors (Lipinski definition) is 2. The number of aromatic nitrogens is 1. The normalized spacial score (nSPS) is 9.68. The van der Waals surface area contributed by atoms with Crippen LogP contribution in [-0.2, 0) is 0 Å². The zero-order valence-corrected chi connectivity index (χ0v) is 10.9. The van der Waals surface area contributed by atoms with Crippen molar-refractivity contribution in [3.05, 3.63) is 48.3 Å². The molecule has 0 fully saturated rings. The van der Waals surface area contributed by atoms with E-state index in [0.29, 0.717) is 5.56 Å². The van der Waals surface area contributed by atoms with E-state index >= 15 is 0 Å². The van der Waals surface area contributed by atoms with E-state index < -0.39 is 0 Å². The van der Waals surface area contributed by atoms with Gasteiger partial charge in [0.1, 0.15) is 0 Å². The molecule has 0 bridgehead atoms. The van der Waals surface area contributed by atoms with Gasteiger partial charge < -0.3 is 10.6 Å². The van der Waals surface area contributed by atoms with Gasteiger partial charge in [-0.25, -0.2) is 0 Å². The number of benzene rings is 1. The van der Waals surface area contributed by atoms with Gasteiger partial charge in [-0.15, -0.1) is 0 Å². The van der Waals surface area contributed by atoms with Crippen LogP contribution in [0.1, 0.15) is 18.9 Å². The van der Waals surface area contributed by atoms with Crippen molar-refractivity contribution in [2.24, 2.45) is 0 Å². The van der Waals surface area contributed by atoms with Gasteiger partial charge in [-0.2, -0.15) is 5.26 Å². The molecule has 0 amide bonds. The topological polar surface area (TPSA) is 60.7 Å². The second kappa shape index (κ2) is 6.41. The summed E-state index contributed by atoms with van der Waals surface area (Å²) in [5.74, 6) is 0. The highest BCUT2D eigenvalue weighted by atomic mass is 14.9. The Morgan fingerprint density at radius 1 is 1.11 bits per heavy atom. The molecule has 2 aromatic rings. The van der Waals surface area contributed by atoms with Gasteiger partial charge in [0.2, 0.25) is 0 Å². The van der Waals surface area contributed by atoms with Crippen molar-refractivity contribution in [2.45, 2.75) is 13.3 Å². The highest BCUT2D eigenvalue weighted by molar-refractivity contribution is 5.63. The molecule has 1 heterocycles. The minimum absolute atomic E-state index is 0.655. The van der Waals surface area contributed by atoms with E-state index in [1.54, 1.807) is 24.5 Å². The summed E-state index contributed by atoms with van der Waals surface area (Å²) in [7, 11) is 0. The fourth-order valence-corrected chi connectivity index (χ4v) is 1.67. The van der Waals surface area contributed by atoms with E-state index in [2.05, 4.69) is 28.6 Å². The zero-order chi connectivity index (χ0) is 13.5. The molecule has 0 aliphatic rings. The molecule has 1 aromatic heterocycles. The molecule has 0 radical (unpaired) electrons. The number of nitriles is 1. The van der Waals surface area contributed by atoms with Crippen molar-refractivity contribution in [1.82, 2.24) is 4.98 Å². The van der Waals surface area contributed by atoms with E-state index in [1.807, 2.05) is 18.2 Å². The van der Waals surface area contributed by atoms with Crippen molar-refractivity contribution >= 4 is 17.1 Å². The van der Waals surface area contributed by atoms with E-state index in [0.717, 1.165) is 30.0 Å². The van der Waals surface area contributed by atoms with Crippen LogP contribution in [0.2, 0.25) is 0 Å². The Kier molecular flexibility index (Phi) is 4.35. The van der Waals surface area contributed by atoms with E-state index in [9.17, 15) is 0 Å². The number of pyridine rings is 1.